The Balaban J connectivity index is 1.77. The minimum Gasteiger partial charge on any atom is -0.409 e. The molecule has 1 aliphatic carbocycles. The summed E-state index contributed by atoms with van der Waals surface area (Å²) >= 11 is 0. The molecule has 3 rings (SSSR count). The summed E-state index contributed by atoms with van der Waals surface area (Å²) in [6, 6.07) is 9.18. The Morgan fingerprint density at radius 2 is 2.21 bits per heavy atom. The third-order valence-corrected chi connectivity index (χ3v) is 4.50. The minimum atomic E-state index is 0.224. The predicted octanol–water partition coefficient (Wildman–Crippen LogP) is 2.35. The molecule has 0 bridgehead atoms. The number of amidine groups is 1. The van der Waals surface area contributed by atoms with Crippen molar-refractivity contribution < 1.29 is 5.21 Å². The van der Waals surface area contributed by atoms with Gasteiger partial charge in [-0.25, -0.2) is 0 Å². The Morgan fingerprint density at radius 1 is 1.47 bits per heavy atom. The molecule has 19 heavy (non-hydrogen) atoms. The summed E-state index contributed by atoms with van der Waals surface area (Å²) in [5.41, 5.74) is 8.71. The van der Waals surface area contributed by atoms with Crippen LogP contribution in [0.25, 0.3) is 0 Å². The van der Waals surface area contributed by atoms with Crippen LogP contribution in [0.1, 0.15) is 31.7 Å². The normalized spacial score (nSPS) is 24.4. The number of fused-ring (bicyclic) bond motifs is 1. The zero-order valence-electron chi connectivity index (χ0n) is 11.3. The van der Waals surface area contributed by atoms with Crippen molar-refractivity contribution in [3.63, 3.8) is 0 Å². The third kappa shape index (κ3) is 2.27. The fourth-order valence-electron chi connectivity index (χ4n) is 3.22. The number of hydrogen-bond acceptors (Lipinski definition) is 3. The molecule has 102 valence electrons. The highest BCUT2D eigenvalue weighted by Gasteiger charge is 2.46. The molecule has 0 amide bonds. The monoisotopic (exact) mass is 259 g/mol. The van der Waals surface area contributed by atoms with Crippen molar-refractivity contribution in [1.82, 2.24) is 0 Å². The van der Waals surface area contributed by atoms with Gasteiger partial charge in [-0.1, -0.05) is 23.4 Å². The molecular formula is C15H21N3O. The van der Waals surface area contributed by atoms with Crippen molar-refractivity contribution >= 4 is 11.5 Å². The van der Waals surface area contributed by atoms with Gasteiger partial charge in [-0.2, -0.15) is 0 Å². The van der Waals surface area contributed by atoms with Gasteiger partial charge >= 0.3 is 0 Å². The Morgan fingerprint density at radius 3 is 2.89 bits per heavy atom. The predicted molar refractivity (Wildman–Crippen MR) is 76.6 cm³/mol. The van der Waals surface area contributed by atoms with Gasteiger partial charge in [0.15, 0.2) is 0 Å². The van der Waals surface area contributed by atoms with Crippen LogP contribution in [0.15, 0.2) is 29.4 Å². The van der Waals surface area contributed by atoms with Crippen LogP contribution >= 0.6 is 0 Å². The summed E-state index contributed by atoms with van der Waals surface area (Å²) in [6.45, 7) is 3.29. The molecule has 3 N–H and O–H groups in total. The topological polar surface area (TPSA) is 61.8 Å². The molecule has 1 unspecified atom stereocenters. The van der Waals surface area contributed by atoms with Crippen LogP contribution in [0.3, 0.4) is 0 Å². The fraction of sp³-hybridized carbons (Fsp3) is 0.533. The van der Waals surface area contributed by atoms with Crippen LogP contribution in [0, 0.1) is 5.41 Å². The van der Waals surface area contributed by atoms with Gasteiger partial charge in [0.1, 0.15) is 5.84 Å². The number of benzene rings is 1. The van der Waals surface area contributed by atoms with Gasteiger partial charge < -0.3 is 15.8 Å². The van der Waals surface area contributed by atoms with Gasteiger partial charge in [0.25, 0.3) is 0 Å². The molecule has 1 aromatic carbocycles. The number of anilines is 1. The van der Waals surface area contributed by atoms with Crippen LogP contribution < -0.4 is 10.6 Å². The van der Waals surface area contributed by atoms with Crippen molar-refractivity contribution in [2.24, 2.45) is 16.3 Å². The number of hydrogen-bond donors (Lipinski definition) is 2. The Kier molecular flexibility index (Phi) is 2.88. The van der Waals surface area contributed by atoms with Crippen molar-refractivity contribution in [2.45, 2.75) is 38.6 Å². The number of nitrogens with zero attached hydrogens (tertiary/aromatic N) is 2. The van der Waals surface area contributed by atoms with Gasteiger partial charge in [-0.05, 0) is 43.2 Å². The minimum absolute atomic E-state index is 0.224. The van der Waals surface area contributed by atoms with E-state index in [1.165, 1.54) is 24.1 Å². The number of para-hydroxylation sites is 1. The first kappa shape index (κ1) is 12.3. The van der Waals surface area contributed by atoms with Crippen LogP contribution in [-0.2, 0) is 6.42 Å². The van der Waals surface area contributed by atoms with E-state index in [2.05, 4.69) is 41.2 Å². The van der Waals surface area contributed by atoms with Crippen molar-refractivity contribution in [2.75, 3.05) is 11.4 Å². The van der Waals surface area contributed by atoms with E-state index in [0.29, 0.717) is 18.3 Å². The second-order valence-electron chi connectivity index (χ2n) is 6.08. The largest absolute Gasteiger partial charge is 0.409 e. The summed E-state index contributed by atoms with van der Waals surface area (Å²) in [6.07, 6.45) is 4.17. The lowest BCUT2D eigenvalue weighted by atomic mass is 10.0. The van der Waals surface area contributed by atoms with E-state index in [1.807, 2.05) is 0 Å². The molecule has 0 spiro atoms. The summed E-state index contributed by atoms with van der Waals surface area (Å²) in [5.74, 6) is 0.359. The van der Waals surface area contributed by atoms with E-state index < -0.39 is 0 Å². The highest BCUT2D eigenvalue weighted by atomic mass is 16.4. The average Bonchev–Trinajstić information content (AvgIpc) is 3.09. The van der Waals surface area contributed by atoms with E-state index >= 15 is 0 Å². The second kappa shape index (κ2) is 4.44. The fourth-order valence-corrected chi connectivity index (χ4v) is 3.22. The van der Waals surface area contributed by atoms with Crippen LogP contribution in [0.2, 0.25) is 0 Å². The number of rotatable bonds is 4. The highest BCUT2D eigenvalue weighted by molar-refractivity contribution is 5.80. The Labute approximate surface area is 113 Å². The summed E-state index contributed by atoms with van der Waals surface area (Å²) in [7, 11) is 0. The van der Waals surface area contributed by atoms with Crippen LogP contribution in [0.5, 0.6) is 0 Å². The van der Waals surface area contributed by atoms with Gasteiger partial charge in [0, 0.05) is 24.7 Å². The summed E-state index contributed by atoms with van der Waals surface area (Å²) in [5, 5.41) is 11.9. The van der Waals surface area contributed by atoms with E-state index in [1.54, 1.807) is 0 Å². The van der Waals surface area contributed by atoms with E-state index in [4.69, 9.17) is 10.9 Å². The molecular weight excluding hydrogens is 238 g/mol. The smallest absolute Gasteiger partial charge is 0.139 e. The van der Waals surface area contributed by atoms with Gasteiger partial charge in [-0.3, -0.25) is 0 Å². The molecule has 1 aromatic rings. The van der Waals surface area contributed by atoms with Gasteiger partial charge in [0.2, 0.25) is 0 Å². The van der Waals surface area contributed by atoms with Crippen molar-refractivity contribution in [3.8, 4) is 0 Å². The first-order chi connectivity index (χ1) is 9.13. The Bertz CT molecular complexity index is 508. The molecule has 1 aliphatic heterocycles. The average molecular weight is 259 g/mol. The van der Waals surface area contributed by atoms with Gasteiger partial charge in [0.05, 0.1) is 0 Å². The lowest BCUT2D eigenvalue weighted by Gasteiger charge is -2.29. The van der Waals surface area contributed by atoms with Crippen LogP contribution in [-0.4, -0.2) is 23.6 Å². The third-order valence-electron chi connectivity index (χ3n) is 4.50. The molecule has 1 fully saturated rings. The number of oxime groups is 1. The molecule has 1 saturated carbocycles. The molecule has 4 nitrogen and oxygen atoms in total. The molecule has 1 atom stereocenters. The first-order valence-electron chi connectivity index (χ1n) is 6.94. The molecule has 4 heteroatoms. The number of nitrogens with two attached hydrogens (primary N) is 1. The summed E-state index contributed by atoms with van der Waals surface area (Å²) < 4.78 is 0. The Hall–Kier alpha value is -1.71. The maximum Gasteiger partial charge on any atom is 0.139 e. The van der Waals surface area contributed by atoms with Gasteiger partial charge in [-0.15, -0.1) is 0 Å². The van der Waals surface area contributed by atoms with Crippen molar-refractivity contribution in [3.05, 3.63) is 29.8 Å². The van der Waals surface area contributed by atoms with E-state index in [9.17, 15) is 0 Å². The molecule has 0 saturated heterocycles. The molecule has 1 heterocycles. The zero-order valence-corrected chi connectivity index (χ0v) is 11.3. The quantitative estimate of drug-likeness (QED) is 0.377. The molecule has 2 aliphatic rings. The lowest BCUT2D eigenvalue weighted by molar-refractivity contribution is 0.314. The molecule has 0 aromatic heterocycles. The van der Waals surface area contributed by atoms with Crippen LogP contribution in [0.4, 0.5) is 5.69 Å². The maximum atomic E-state index is 8.75. The lowest BCUT2D eigenvalue weighted by Crippen LogP contribution is -2.36. The molecule has 0 radical (unpaired) electrons. The maximum absolute atomic E-state index is 8.75. The highest BCUT2D eigenvalue weighted by Crippen LogP contribution is 2.51. The zero-order chi connectivity index (χ0) is 13.5. The van der Waals surface area contributed by atoms with Crippen molar-refractivity contribution in [1.29, 1.82) is 0 Å². The van der Waals surface area contributed by atoms with E-state index in [0.717, 1.165) is 13.0 Å². The van der Waals surface area contributed by atoms with E-state index in [-0.39, 0.29) is 5.41 Å². The SMILES string of the molecule is CC1Cc2ccccc2N1CC1(CC(N)=NO)CC1. The standard InChI is InChI=1S/C15H21N3O/c1-11-8-12-4-2-3-5-13(12)18(11)10-15(6-7-15)9-14(16)17-19/h2-5,11,19H,6-10H2,1H3,(H2,16,17). The first-order valence-corrected chi connectivity index (χ1v) is 6.94. The second-order valence-corrected chi connectivity index (χ2v) is 6.08. The summed E-state index contributed by atoms with van der Waals surface area (Å²) in [4.78, 5) is 2.49.